The molecule has 0 fully saturated rings. The second-order valence-corrected chi connectivity index (χ2v) is 8.08. The van der Waals surface area contributed by atoms with Crippen LogP contribution < -0.4 is 16.4 Å². The third-order valence-electron chi connectivity index (χ3n) is 6.31. The molecule has 28 heavy (non-hydrogen) atoms. The lowest BCUT2D eigenvalue weighted by Gasteiger charge is -2.23. The van der Waals surface area contributed by atoms with E-state index in [-0.39, 0.29) is 5.41 Å². The summed E-state index contributed by atoms with van der Waals surface area (Å²) in [5.41, 5.74) is 11.8. The largest absolute Gasteiger partial charge is 0.193 e. The summed E-state index contributed by atoms with van der Waals surface area (Å²) < 4.78 is 0. The molecule has 2 heteroatoms. The first kappa shape index (κ1) is 16.0. The fourth-order valence-corrected chi connectivity index (χ4v) is 4.66. The number of fused-ring (bicyclic) bond motifs is 5. The molecule has 0 bridgehead atoms. The van der Waals surface area contributed by atoms with Crippen molar-refractivity contribution in [1.82, 2.24) is 0 Å². The Kier molecular flexibility index (Phi) is 3.29. The fraction of sp³-hybridized carbons (Fsp3) is 0.0769. The summed E-state index contributed by atoms with van der Waals surface area (Å²) >= 11 is 0. The van der Waals surface area contributed by atoms with E-state index in [1.807, 2.05) is 0 Å². The van der Waals surface area contributed by atoms with Crippen molar-refractivity contribution in [2.75, 3.05) is 0 Å². The lowest BCUT2D eigenvalue weighted by Crippen LogP contribution is -2.24. The highest BCUT2D eigenvalue weighted by Gasteiger charge is 2.28. The van der Waals surface area contributed by atoms with Gasteiger partial charge in [-0.1, -0.05) is 113 Å². The minimum absolute atomic E-state index is 0.120. The molecule has 3 aliphatic rings. The van der Waals surface area contributed by atoms with E-state index in [4.69, 9.17) is 0 Å². The van der Waals surface area contributed by atoms with Gasteiger partial charge in [0.1, 0.15) is 0 Å². The third kappa shape index (κ3) is 2.27. The van der Waals surface area contributed by atoms with Gasteiger partial charge in [-0.05, 0) is 34.8 Å². The third-order valence-corrected chi connectivity index (χ3v) is 6.31. The Morgan fingerprint density at radius 3 is 2.18 bits per heavy atom. The van der Waals surface area contributed by atoms with E-state index in [0.717, 1.165) is 0 Å². The molecular formula is C26H18B2. The second-order valence-electron chi connectivity index (χ2n) is 8.08. The summed E-state index contributed by atoms with van der Waals surface area (Å²) in [6, 6.07) is 24.2. The molecule has 1 unspecified atom stereocenters. The van der Waals surface area contributed by atoms with Crippen LogP contribution in [0, 0.1) is 0 Å². The maximum Gasteiger partial charge on any atom is 0.193 e. The number of benzene rings is 3. The van der Waals surface area contributed by atoms with Crippen molar-refractivity contribution in [1.29, 1.82) is 0 Å². The first-order valence-corrected chi connectivity index (χ1v) is 9.87. The number of allylic oxidation sites excluding steroid dienone is 6. The number of rotatable bonds is 1. The molecule has 0 saturated carbocycles. The normalized spacial score (nSPS) is 20.6. The van der Waals surface area contributed by atoms with E-state index in [0.29, 0.717) is 0 Å². The Morgan fingerprint density at radius 1 is 0.643 bits per heavy atom. The van der Waals surface area contributed by atoms with Crippen LogP contribution in [0.2, 0.25) is 0 Å². The molecule has 2 aliphatic heterocycles. The summed E-state index contributed by atoms with van der Waals surface area (Å²) in [4.78, 5) is 0. The van der Waals surface area contributed by atoms with Crippen molar-refractivity contribution in [3.63, 3.8) is 0 Å². The monoisotopic (exact) mass is 352 g/mol. The highest BCUT2D eigenvalue weighted by Crippen LogP contribution is 2.35. The lowest BCUT2D eigenvalue weighted by molar-refractivity contribution is 0.760. The van der Waals surface area contributed by atoms with E-state index in [1.54, 1.807) is 0 Å². The quantitative estimate of drug-likeness (QED) is 0.461. The van der Waals surface area contributed by atoms with E-state index in [2.05, 4.69) is 113 Å². The Labute approximate surface area is 167 Å². The predicted molar refractivity (Wildman–Crippen MR) is 121 cm³/mol. The molecule has 2 radical (unpaired) electrons. The van der Waals surface area contributed by atoms with Crippen molar-refractivity contribution < 1.29 is 0 Å². The maximum atomic E-state index is 2.36. The summed E-state index contributed by atoms with van der Waals surface area (Å²) in [5, 5.41) is 0. The molecule has 128 valence electrons. The zero-order chi connectivity index (χ0) is 18.7. The highest BCUT2D eigenvalue weighted by atomic mass is 14.3. The standard InChI is InChI=1S/C26H18B2/c1-26(14-12-21-19-7-3-4-8-22(19)27-24(21)13-15-26)17-10-11-20-18-6-2-5-9-23(18)28-25(20)16-17/h2-16H,1H3. The Bertz CT molecular complexity index is 1230. The second kappa shape index (κ2) is 5.75. The Hall–Kier alpha value is -2.99. The zero-order valence-corrected chi connectivity index (χ0v) is 15.8. The molecular weight excluding hydrogens is 334 g/mol. The predicted octanol–water partition coefficient (Wildman–Crippen LogP) is 3.46. The smallest absolute Gasteiger partial charge is 0.0740 e. The van der Waals surface area contributed by atoms with E-state index in [1.165, 1.54) is 49.7 Å². The molecule has 6 rings (SSSR count). The van der Waals surface area contributed by atoms with E-state index >= 15 is 0 Å². The molecule has 2 heterocycles. The molecule has 0 nitrogen and oxygen atoms in total. The Balaban J connectivity index is 1.39. The van der Waals surface area contributed by atoms with Crippen LogP contribution in [0.4, 0.5) is 0 Å². The number of hydrogen-bond acceptors (Lipinski definition) is 0. The molecule has 1 atom stereocenters. The molecule has 3 aromatic carbocycles. The summed E-state index contributed by atoms with van der Waals surface area (Å²) in [7, 11) is 4.61. The molecule has 3 aromatic rings. The van der Waals surface area contributed by atoms with Crippen molar-refractivity contribution in [2.24, 2.45) is 0 Å². The van der Waals surface area contributed by atoms with Gasteiger partial charge in [-0.25, -0.2) is 0 Å². The first-order valence-electron chi connectivity index (χ1n) is 9.87. The van der Waals surface area contributed by atoms with Gasteiger partial charge in [0.15, 0.2) is 14.6 Å². The maximum absolute atomic E-state index is 2.36. The van der Waals surface area contributed by atoms with Gasteiger partial charge >= 0.3 is 0 Å². The van der Waals surface area contributed by atoms with E-state index < -0.39 is 0 Å². The fourth-order valence-electron chi connectivity index (χ4n) is 4.66. The van der Waals surface area contributed by atoms with E-state index in [9.17, 15) is 0 Å². The van der Waals surface area contributed by atoms with Gasteiger partial charge in [-0.2, -0.15) is 0 Å². The molecule has 0 amide bonds. The van der Waals surface area contributed by atoms with Crippen LogP contribution in [0.3, 0.4) is 0 Å². The molecule has 0 N–H and O–H groups in total. The van der Waals surface area contributed by atoms with Gasteiger partial charge in [0.25, 0.3) is 0 Å². The molecule has 0 saturated heterocycles. The van der Waals surface area contributed by atoms with Gasteiger partial charge in [-0.3, -0.25) is 0 Å². The zero-order valence-electron chi connectivity index (χ0n) is 15.8. The van der Waals surface area contributed by atoms with Gasteiger partial charge in [0, 0.05) is 5.41 Å². The molecule has 0 aromatic heterocycles. The van der Waals surface area contributed by atoms with Crippen LogP contribution in [0.15, 0.2) is 96.5 Å². The first-order chi connectivity index (χ1) is 13.7. The summed E-state index contributed by atoms with van der Waals surface area (Å²) in [5.74, 6) is 0. The van der Waals surface area contributed by atoms with Crippen LogP contribution in [0.5, 0.6) is 0 Å². The average molecular weight is 352 g/mol. The van der Waals surface area contributed by atoms with Gasteiger partial charge < -0.3 is 0 Å². The molecule has 0 spiro atoms. The molecule has 1 aliphatic carbocycles. The van der Waals surface area contributed by atoms with Crippen LogP contribution in [-0.4, -0.2) is 14.6 Å². The minimum atomic E-state index is -0.120. The minimum Gasteiger partial charge on any atom is -0.0740 e. The van der Waals surface area contributed by atoms with Gasteiger partial charge in [0.2, 0.25) is 0 Å². The van der Waals surface area contributed by atoms with Crippen LogP contribution in [0.1, 0.15) is 18.1 Å². The van der Waals surface area contributed by atoms with Crippen LogP contribution in [-0.2, 0) is 5.41 Å². The SMILES string of the molecule is CC1(c2ccc3c(c2)[B]c2ccccc2-3)C=CC2=C(C=C1)c1ccccc1[B]2. The highest BCUT2D eigenvalue weighted by molar-refractivity contribution is 6.73. The summed E-state index contributed by atoms with van der Waals surface area (Å²) in [6.07, 6.45) is 9.30. The summed E-state index contributed by atoms with van der Waals surface area (Å²) in [6.45, 7) is 2.30. The lowest BCUT2D eigenvalue weighted by atomic mass is 9.65. The van der Waals surface area contributed by atoms with Gasteiger partial charge in [-0.15, -0.1) is 0 Å². The average Bonchev–Trinajstić information content (AvgIpc) is 3.23. The van der Waals surface area contributed by atoms with Crippen LogP contribution in [0.25, 0.3) is 16.7 Å². The van der Waals surface area contributed by atoms with Crippen molar-refractivity contribution in [3.05, 3.63) is 108 Å². The van der Waals surface area contributed by atoms with Crippen LogP contribution >= 0.6 is 0 Å². The van der Waals surface area contributed by atoms with Crippen molar-refractivity contribution >= 4 is 36.5 Å². The number of hydrogen-bond donors (Lipinski definition) is 0. The Morgan fingerprint density at radius 2 is 1.32 bits per heavy atom. The van der Waals surface area contributed by atoms with Crippen molar-refractivity contribution in [2.45, 2.75) is 12.3 Å². The van der Waals surface area contributed by atoms with Crippen molar-refractivity contribution in [3.8, 4) is 11.1 Å². The topological polar surface area (TPSA) is 0 Å². The van der Waals surface area contributed by atoms with Gasteiger partial charge in [0.05, 0.1) is 0 Å².